The van der Waals surface area contributed by atoms with Gasteiger partial charge in [0.15, 0.2) is 5.78 Å². The molecule has 0 aromatic heterocycles. The smallest absolute Gasteiger partial charge is 0.173 e. The van der Waals surface area contributed by atoms with Crippen LogP contribution in [0.5, 0.6) is 0 Å². The fourth-order valence-corrected chi connectivity index (χ4v) is 2.66. The molecule has 0 amide bonds. The molecule has 0 bridgehead atoms. The number of hydrogen-bond donors (Lipinski definition) is 0. The van der Waals surface area contributed by atoms with Gasteiger partial charge in [-0.05, 0) is 42.5 Å². The van der Waals surface area contributed by atoms with Gasteiger partial charge in [0.25, 0.3) is 0 Å². The molecule has 2 aromatic rings. The van der Waals surface area contributed by atoms with Gasteiger partial charge in [-0.3, -0.25) is 4.79 Å². The Morgan fingerprint density at radius 3 is 2.39 bits per heavy atom. The molecule has 0 spiro atoms. The molecule has 0 heterocycles. The third-order valence-corrected chi connectivity index (χ3v) is 3.81. The molecule has 0 radical (unpaired) electrons. The summed E-state index contributed by atoms with van der Waals surface area (Å²) in [6.45, 7) is 0. The van der Waals surface area contributed by atoms with E-state index in [0.717, 1.165) is 4.90 Å². The lowest BCUT2D eigenvalue weighted by atomic mass is 10.1. The Labute approximate surface area is 120 Å². The van der Waals surface area contributed by atoms with Crippen molar-refractivity contribution in [1.29, 1.82) is 0 Å². The summed E-state index contributed by atoms with van der Waals surface area (Å²) in [5, 5.41) is 1.31. The Hall–Kier alpha value is -0.960. The Balaban J connectivity index is 1.98. The quantitative estimate of drug-likeness (QED) is 0.585. The summed E-state index contributed by atoms with van der Waals surface area (Å²) in [7, 11) is 0. The highest BCUT2D eigenvalue weighted by Crippen LogP contribution is 2.22. The second-order valence-corrected chi connectivity index (χ2v) is 5.60. The maximum atomic E-state index is 11.9. The third kappa shape index (κ3) is 3.77. The molecule has 0 saturated heterocycles. The zero-order valence-electron chi connectivity index (χ0n) is 9.40. The zero-order chi connectivity index (χ0) is 13.0. The maximum absolute atomic E-state index is 11.9. The normalized spacial score (nSPS) is 10.3. The number of rotatable bonds is 4. The minimum atomic E-state index is 0.0802. The number of Topliss-reactive ketones (excluding diaryl/α,β-unsaturated/α-hetero) is 1. The van der Waals surface area contributed by atoms with E-state index in [1.165, 1.54) is 11.8 Å². The lowest BCUT2D eigenvalue weighted by Crippen LogP contribution is -2.01. The van der Waals surface area contributed by atoms with Crippen LogP contribution in [0.3, 0.4) is 0 Å². The average Bonchev–Trinajstić information content (AvgIpc) is 2.37. The lowest BCUT2D eigenvalue weighted by molar-refractivity contribution is 0.102. The summed E-state index contributed by atoms with van der Waals surface area (Å²) in [5.74, 6) is 0.471. The Morgan fingerprint density at radius 2 is 1.72 bits per heavy atom. The number of carbonyl (C=O) groups excluding carboxylic acids is 1. The predicted octanol–water partition coefficient (Wildman–Crippen LogP) is 4.97. The third-order valence-electron chi connectivity index (χ3n) is 2.33. The SMILES string of the molecule is O=C(CSc1cccc(Cl)c1)c1ccc(Cl)cc1. The van der Waals surface area contributed by atoms with E-state index in [2.05, 4.69) is 0 Å². The summed E-state index contributed by atoms with van der Waals surface area (Å²) in [5.41, 5.74) is 0.675. The van der Waals surface area contributed by atoms with Crippen LogP contribution < -0.4 is 0 Å². The minimum Gasteiger partial charge on any atom is -0.293 e. The van der Waals surface area contributed by atoms with Crippen molar-refractivity contribution in [3.8, 4) is 0 Å². The van der Waals surface area contributed by atoms with Crippen molar-refractivity contribution < 1.29 is 4.79 Å². The highest BCUT2D eigenvalue weighted by Gasteiger charge is 2.06. The van der Waals surface area contributed by atoms with Gasteiger partial charge in [-0.1, -0.05) is 29.3 Å². The highest BCUT2D eigenvalue weighted by atomic mass is 35.5. The van der Waals surface area contributed by atoms with Crippen LogP contribution in [0.4, 0.5) is 0 Å². The maximum Gasteiger partial charge on any atom is 0.173 e. The van der Waals surface area contributed by atoms with Gasteiger partial charge in [0.05, 0.1) is 5.75 Å². The van der Waals surface area contributed by atoms with E-state index in [-0.39, 0.29) is 5.78 Å². The number of ketones is 1. The molecule has 0 aliphatic heterocycles. The Kier molecular flexibility index (Phi) is 4.70. The van der Waals surface area contributed by atoms with Crippen LogP contribution in [0.1, 0.15) is 10.4 Å². The fourth-order valence-electron chi connectivity index (χ4n) is 1.42. The summed E-state index contributed by atoms with van der Waals surface area (Å²) in [6, 6.07) is 14.4. The van der Waals surface area contributed by atoms with Crippen molar-refractivity contribution in [3.63, 3.8) is 0 Å². The van der Waals surface area contributed by atoms with Gasteiger partial charge in [-0.25, -0.2) is 0 Å². The van der Waals surface area contributed by atoms with E-state index < -0.39 is 0 Å². The molecule has 4 heteroatoms. The molecule has 0 aliphatic carbocycles. The van der Waals surface area contributed by atoms with Gasteiger partial charge >= 0.3 is 0 Å². The van der Waals surface area contributed by atoms with E-state index in [1.807, 2.05) is 24.3 Å². The van der Waals surface area contributed by atoms with Crippen molar-refractivity contribution in [2.75, 3.05) is 5.75 Å². The van der Waals surface area contributed by atoms with Crippen molar-refractivity contribution >= 4 is 40.7 Å². The van der Waals surface area contributed by atoms with Crippen LogP contribution in [0.25, 0.3) is 0 Å². The molecule has 0 N–H and O–H groups in total. The molecule has 2 rings (SSSR count). The summed E-state index contributed by atoms with van der Waals surface area (Å²) >= 11 is 13.1. The first-order chi connectivity index (χ1) is 8.65. The second-order valence-electron chi connectivity index (χ2n) is 3.68. The van der Waals surface area contributed by atoms with Gasteiger partial charge in [-0.2, -0.15) is 0 Å². The first-order valence-electron chi connectivity index (χ1n) is 5.32. The average molecular weight is 297 g/mol. The molecule has 0 unspecified atom stereocenters. The van der Waals surface area contributed by atoms with Gasteiger partial charge in [0, 0.05) is 20.5 Å². The molecule has 0 fully saturated rings. The Bertz CT molecular complexity index is 552. The Morgan fingerprint density at radius 1 is 1.00 bits per heavy atom. The topological polar surface area (TPSA) is 17.1 Å². The number of benzene rings is 2. The zero-order valence-corrected chi connectivity index (χ0v) is 11.7. The molecule has 0 atom stereocenters. The molecule has 0 saturated carbocycles. The van der Waals surface area contributed by atoms with Crippen LogP contribution in [-0.2, 0) is 0 Å². The fraction of sp³-hybridized carbons (Fsp3) is 0.0714. The molecule has 2 aromatic carbocycles. The van der Waals surface area contributed by atoms with Crippen LogP contribution in [0, 0.1) is 0 Å². The van der Waals surface area contributed by atoms with Crippen molar-refractivity contribution in [1.82, 2.24) is 0 Å². The van der Waals surface area contributed by atoms with Crippen molar-refractivity contribution in [2.45, 2.75) is 4.90 Å². The van der Waals surface area contributed by atoms with Crippen molar-refractivity contribution in [3.05, 3.63) is 64.1 Å². The van der Waals surface area contributed by atoms with Crippen LogP contribution in [-0.4, -0.2) is 11.5 Å². The summed E-state index contributed by atoms with van der Waals surface area (Å²) in [4.78, 5) is 12.9. The monoisotopic (exact) mass is 296 g/mol. The number of thioether (sulfide) groups is 1. The van der Waals surface area contributed by atoms with Crippen LogP contribution in [0.2, 0.25) is 10.0 Å². The molecular weight excluding hydrogens is 287 g/mol. The van der Waals surface area contributed by atoms with E-state index in [4.69, 9.17) is 23.2 Å². The largest absolute Gasteiger partial charge is 0.293 e. The predicted molar refractivity (Wildman–Crippen MR) is 78.0 cm³/mol. The number of halogens is 2. The van der Waals surface area contributed by atoms with Crippen LogP contribution >= 0.6 is 35.0 Å². The second kappa shape index (κ2) is 6.28. The highest BCUT2D eigenvalue weighted by molar-refractivity contribution is 8.00. The van der Waals surface area contributed by atoms with Gasteiger partial charge in [-0.15, -0.1) is 11.8 Å². The molecule has 0 aliphatic rings. The first kappa shape index (κ1) is 13.5. The van der Waals surface area contributed by atoms with Crippen LogP contribution in [0.15, 0.2) is 53.4 Å². The van der Waals surface area contributed by atoms with Crippen molar-refractivity contribution in [2.24, 2.45) is 0 Å². The van der Waals surface area contributed by atoms with Gasteiger partial charge < -0.3 is 0 Å². The van der Waals surface area contributed by atoms with E-state index in [0.29, 0.717) is 21.4 Å². The number of carbonyl (C=O) groups is 1. The molecule has 18 heavy (non-hydrogen) atoms. The van der Waals surface area contributed by atoms with Gasteiger partial charge in [0.2, 0.25) is 0 Å². The molecule has 1 nitrogen and oxygen atoms in total. The van der Waals surface area contributed by atoms with E-state index >= 15 is 0 Å². The summed E-state index contributed by atoms with van der Waals surface area (Å²) < 4.78 is 0. The first-order valence-corrected chi connectivity index (χ1v) is 7.06. The van der Waals surface area contributed by atoms with E-state index in [1.54, 1.807) is 24.3 Å². The lowest BCUT2D eigenvalue weighted by Gasteiger charge is -2.02. The standard InChI is InChI=1S/C14H10Cl2OS/c15-11-6-4-10(5-7-11)14(17)9-18-13-3-1-2-12(16)8-13/h1-8H,9H2. The van der Waals surface area contributed by atoms with Gasteiger partial charge in [0.1, 0.15) is 0 Å². The van der Waals surface area contributed by atoms with E-state index in [9.17, 15) is 4.79 Å². The molecule has 92 valence electrons. The molecular formula is C14H10Cl2OS. The minimum absolute atomic E-state index is 0.0802. The number of hydrogen-bond acceptors (Lipinski definition) is 2. The summed E-state index contributed by atoms with van der Waals surface area (Å²) in [6.07, 6.45) is 0.